The van der Waals surface area contributed by atoms with Crippen LogP contribution in [-0.4, -0.2) is 19.6 Å². The summed E-state index contributed by atoms with van der Waals surface area (Å²) in [7, 11) is 1.66. The van der Waals surface area contributed by atoms with Crippen molar-refractivity contribution in [1.82, 2.24) is 5.32 Å². The minimum atomic E-state index is -0.148. The molecule has 0 bridgehead atoms. The van der Waals surface area contributed by atoms with E-state index in [1.54, 1.807) is 7.11 Å². The number of nitrogens with one attached hydrogen (secondary N) is 1. The molecular formula is C23H25N2O2+. The van der Waals surface area contributed by atoms with E-state index in [2.05, 4.69) is 5.32 Å². The van der Waals surface area contributed by atoms with Crippen LogP contribution in [0.3, 0.4) is 0 Å². The Morgan fingerprint density at radius 3 is 2.15 bits per heavy atom. The van der Waals surface area contributed by atoms with Gasteiger partial charge in [0.2, 0.25) is 0 Å². The quantitative estimate of drug-likeness (QED) is 0.648. The van der Waals surface area contributed by atoms with Crippen molar-refractivity contribution in [3.63, 3.8) is 0 Å². The molecule has 4 nitrogen and oxygen atoms in total. The molecule has 0 saturated carbocycles. The van der Waals surface area contributed by atoms with Gasteiger partial charge in [0.05, 0.1) is 13.2 Å². The van der Waals surface area contributed by atoms with Crippen LogP contribution in [0, 0.1) is 0 Å². The van der Waals surface area contributed by atoms with Gasteiger partial charge in [-0.3, -0.25) is 4.79 Å². The van der Waals surface area contributed by atoms with Gasteiger partial charge in [-0.1, -0.05) is 72.8 Å². The largest absolute Gasteiger partial charge is 0.497 e. The monoisotopic (exact) mass is 361 g/mol. The first-order valence-electron chi connectivity index (χ1n) is 9.10. The third kappa shape index (κ3) is 5.43. The molecule has 0 unspecified atom stereocenters. The van der Waals surface area contributed by atoms with Gasteiger partial charge in [0, 0.05) is 5.56 Å². The summed E-state index contributed by atoms with van der Waals surface area (Å²) in [5, 5.41) is 5.16. The fraction of sp³-hybridized carbons (Fsp3) is 0.174. The van der Waals surface area contributed by atoms with E-state index in [1.165, 1.54) is 0 Å². The molecule has 3 N–H and O–H groups in total. The number of hydrogen-bond donors (Lipinski definition) is 2. The third-order valence-corrected chi connectivity index (χ3v) is 4.42. The highest BCUT2D eigenvalue weighted by molar-refractivity contribution is 5.77. The zero-order valence-corrected chi connectivity index (χ0v) is 15.5. The van der Waals surface area contributed by atoms with Crippen LogP contribution in [0.15, 0.2) is 84.9 Å². The summed E-state index contributed by atoms with van der Waals surface area (Å²) in [6.07, 6.45) is 0. The van der Waals surface area contributed by atoms with E-state index in [1.807, 2.05) is 90.2 Å². The summed E-state index contributed by atoms with van der Waals surface area (Å²) in [6.45, 7) is 1.10. The van der Waals surface area contributed by atoms with Crippen molar-refractivity contribution >= 4 is 5.91 Å². The van der Waals surface area contributed by atoms with E-state index < -0.39 is 0 Å². The van der Waals surface area contributed by atoms with Gasteiger partial charge in [-0.15, -0.1) is 0 Å². The molecular weight excluding hydrogens is 336 g/mol. The van der Waals surface area contributed by atoms with Crippen molar-refractivity contribution in [3.05, 3.63) is 102 Å². The van der Waals surface area contributed by atoms with Crippen LogP contribution in [0.4, 0.5) is 0 Å². The highest BCUT2D eigenvalue weighted by Crippen LogP contribution is 2.21. The minimum absolute atomic E-state index is 0.00982. The molecule has 0 spiro atoms. The van der Waals surface area contributed by atoms with E-state index in [4.69, 9.17) is 4.74 Å². The minimum Gasteiger partial charge on any atom is -0.497 e. The Labute approximate surface area is 160 Å². The standard InChI is InChI=1S/C23H24N2O2/c1-27-21-14-8-9-18(15-21)16-24-17-22(26)25-23(19-10-4-2-5-11-19)20-12-6-3-7-13-20/h2-15,23-24H,16-17H2,1H3,(H,25,26)/p+1. The number of methoxy groups -OCH3 is 1. The average molecular weight is 361 g/mol. The second-order valence-electron chi connectivity index (χ2n) is 6.37. The van der Waals surface area contributed by atoms with E-state index in [0.717, 1.165) is 29.0 Å². The highest BCUT2D eigenvalue weighted by atomic mass is 16.5. The molecule has 27 heavy (non-hydrogen) atoms. The molecule has 0 aliphatic rings. The maximum Gasteiger partial charge on any atom is 0.275 e. The van der Waals surface area contributed by atoms with Crippen LogP contribution in [-0.2, 0) is 11.3 Å². The van der Waals surface area contributed by atoms with Gasteiger partial charge in [0.15, 0.2) is 6.54 Å². The van der Waals surface area contributed by atoms with Gasteiger partial charge in [-0.05, 0) is 23.3 Å². The van der Waals surface area contributed by atoms with Crippen molar-refractivity contribution < 1.29 is 14.8 Å². The Hall–Kier alpha value is -3.11. The summed E-state index contributed by atoms with van der Waals surface area (Å²) >= 11 is 0. The van der Waals surface area contributed by atoms with Crippen LogP contribution in [0.1, 0.15) is 22.7 Å². The fourth-order valence-corrected chi connectivity index (χ4v) is 3.04. The molecule has 0 saturated heterocycles. The number of ether oxygens (including phenoxy) is 1. The maximum atomic E-state index is 12.5. The predicted molar refractivity (Wildman–Crippen MR) is 106 cm³/mol. The SMILES string of the molecule is COc1cccc(C[NH2+]CC(=O)NC(c2ccccc2)c2ccccc2)c1. The van der Waals surface area contributed by atoms with Crippen LogP contribution in [0.25, 0.3) is 0 Å². The Bertz CT molecular complexity index is 811. The topological polar surface area (TPSA) is 54.9 Å². The first kappa shape index (κ1) is 18.7. The van der Waals surface area contributed by atoms with Crippen molar-refractivity contribution in [2.75, 3.05) is 13.7 Å². The van der Waals surface area contributed by atoms with E-state index >= 15 is 0 Å². The molecule has 4 heteroatoms. The van der Waals surface area contributed by atoms with Gasteiger partial charge < -0.3 is 15.4 Å². The summed E-state index contributed by atoms with van der Waals surface area (Å²) in [6, 6.07) is 27.8. The van der Waals surface area contributed by atoms with Gasteiger partial charge in [-0.2, -0.15) is 0 Å². The number of nitrogens with two attached hydrogens (primary N) is 1. The molecule has 1 amide bonds. The van der Waals surface area contributed by atoms with Crippen molar-refractivity contribution in [3.8, 4) is 5.75 Å². The molecule has 0 atom stereocenters. The van der Waals surface area contributed by atoms with Crippen molar-refractivity contribution in [2.24, 2.45) is 0 Å². The first-order chi connectivity index (χ1) is 13.3. The smallest absolute Gasteiger partial charge is 0.275 e. The number of amides is 1. The molecule has 0 heterocycles. The number of carbonyl (C=O) groups is 1. The lowest BCUT2D eigenvalue weighted by Gasteiger charge is -2.19. The Kier molecular flexibility index (Phi) is 6.61. The Morgan fingerprint density at radius 2 is 1.56 bits per heavy atom. The van der Waals surface area contributed by atoms with Crippen LogP contribution >= 0.6 is 0 Å². The second-order valence-corrected chi connectivity index (χ2v) is 6.37. The number of rotatable bonds is 8. The molecule has 0 aliphatic carbocycles. The van der Waals surface area contributed by atoms with E-state index in [0.29, 0.717) is 6.54 Å². The molecule has 0 radical (unpaired) electrons. The molecule has 0 aliphatic heterocycles. The number of hydrogen-bond acceptors (Lipinski definition) is 2. The van der Waals surface area contributed by atoms with Crippen LogP contribution in [0.2, 0.25) is 0 Å². The second kappa shape index (κ2) is 9.55. The van der Waals surface area contributed by atoms with E-state index in [9.17, 15) is 4.79 Å². The Morgan fingerprint density at radius 1 is 0.926 bits per heavy atom. The molecule has 138 valence electrons. The van der Waals surface area contributed by atoms with Gasteiger partial charge in [0.25, 0.3) is 5.91 Å². The Balaban J connectivity index is 1.61. The number of benzene rings is 3. The molecule has 3 rings (SSSR count). The lowest BCUT2D eigenvalue weighted by Crippen LogP contribution is -2.85. The van der Waals surface area contributed by atoms with Gasteiger partial charge >= 0.3 is 0 Å². The lowest BCUT2D eigenvalue weighted by molar-refractivity contribution is -0.660. The molecule has 0 aromatic heterocycles. The molecule has 0 fully saturated rings. The highest BCUT2D eigenvalue weighted by Gasteiger charge is 2.17. The normalized spacial score (nSPS) is 10.6. The third-order valence-electron chi connectivity index (χ3n) is 4.42. The zero-order valence-electron chi connectivity index (χ0n) is 15.5. The molecule has 3 aromatic carbocycles. The lowest BCUT2D eigenvalue weighted by atomic mass is 9.99. The summed E-state index contributed by atoms with van der Waals surface area (Å²) in [5.74, 6) is 0.842. The molecule has 3 aromatic rings. The van der Waals surface area contributed by atoms with Crippen molar-refractivity contribution in [1.29, 1.82) is 0 Å². The van der Waals surface area contributed by atoms with Gasteiger partial charge in [-0.25, -0.2) is 0 Å². The maximum absolute atomic E-state index is 12.5. The fourth-order valence-electron chi connectivity index (χ4n) is 3.04. The summed E-state index contributed by atoms with van der Waals surface area (Å²) < 4.78 is 5.24. The van der Waals surface area contributed by atoms with Crippen LogP contribution in [0.5, 0.6) is 5.75 Å². The summed E-state index contributed by atoms with van der Waals surface area (Å²) in [4.78, 5) is 12.5. The van der Waals surface area contributed by atoms with Crippen molar-refractivity contribution in [2.45, 2.75) is 12.6 Å². The predicted octanol–water partition coefficient (Wildman–Crippen LogP) is 2.66. The van der Waals surface area contributed by atoms with E-state index in [-0.39, 0.29) is 11.9 Å². The van der Waals surface area contributed by atoms with Crippen LogP contribution < -0.4 is 15.4 Å². The number of quaternary nitrogens is 1. The number of carbonyl (C=O) groups excluding carboxylic acids is 1. The first-order valence-corrected chi connectivity index (χ1v) is 9.10. The average Bonchev–Trinajstić information content (AvgIpc) is 2.73. The zero-order chi connectivity index (χ0) is 18.9. The van der Waals surface area contributed by atoms with Gasteiger partial charge in [0.1, 0.15) is 12.3 Å². The summed E-state index contributed by atoms with van der Waals surface area (Å²) in [5.41, 5.74) is 3.28.